The second-order valence-electron chi connectivity index (χ2n) is 5.77. The van der Waals surface area contributed by atoms with Gasteiger partial charge in [0.15, 0.2) is 0 Å². The minimum Gasteiger partial charge on any atom is -0.428 e. The van der Waals surface area contributed by atoms with Crippen LogP contribution in [0.4, 0.5) is 30.7 Å². The molecule has 0 amide bonds. The number of hydrazone groups is 2. The number of hydrogen-bond acceptors (Lipinski definition) is 4. The van der Waals surface area contributed by atoms with Crippen molar-refractivity contribution in [3.05, 3.63) is 65.2 Å². The number of ether oxygens (including phenoxy) is 1. The first-order chi connectivity index (χ1) is 14.5. The van der Waals surface area contributed by atoms with Gasteiger partial charge in [0, 0.05) is 0 Å². The maximum Gasteiger partial charge on any atom is 0.461 e. The Balaban J connectivity index is 1.81. The van der Waals surface area contributed by atoms with Gasteiger partial charge in [0.25, 0.3) is 0 Å². The van der Waals surface area contributed by atoms with Crippen LogP contribution < -0.4 is 15.6 Å². The summed E-state index contributed by atoms with van der Waals surface area (Å²) in [4.78, 5) is 0. The monoisotopic (exact) mass is 449 g/mol. The van der Waals surface area contributed by atoms with Gasteiger partial charge in [-0.15, -0.1) is 0 Å². The van der Waals surface area contributed by atoms with E-state index < -0.39 is 30.0 Å². The Labute approximate surface area is 170 Å². The molecule has 0 fully saturated rings. The van der Waals surface area contributed by atoms with E-state index in [2.05, 4.69) is 25.8 Å². The lowest BCUT2D eigenvalue weighted by molar-refractivity contribution is -0.253. The molecule has 0 atom stereocenters. The van der Waals surface area contributed by atoms with Crippen molar-refractivity contribution in [1.29, 1.82) is 5.41 Å². The highest BCUT2D eigenvalue weighted by atomic mass is 19.4. The van der Waals surface area contributed by atoms with E-state index in [0.29, 0.717) is 11.1 Å². The zero-order valence-corrected chi connectivity index (χ0v) is 15.3. The van der Waals surface area contributed by atoms with Crippen molar-refractivity contribution in [2.24, 2.45) is 10.2 Å². The van der Waals surface area contributed by atoms with Crippen LogP contribution in [0.25, 0.3) is 0 Å². The molecule has 166 valence electrons. The van der Waals surface area contributed by atoms with Gasteiger partial charge >= 0.3 is 18.7 Å². The van der Waals surface area contributed by atoms with E-state index >= 15 is 0 Å². The number of hydrogen-bond donors (Lipinski definition) is 3. The Bertz CT molecular complexity index is 926. The van der Waals surface area contributed by atoms with Crippen LogP contribution in [0, 0.1) is 5.41 Å². The fraction of sp³-hybridized carbons (Fsp3) is 0.167. The number of benzene rings is 2. The third kappa shape index (κ3) is 7.60. The van der Waals surface area contributed by atoms with Crippen molar-refractivity contribution in [2.75, 3.05) is 0 Å². The molecule has 0 bridgehead atoms. The van der Waals surface area contributed by atoms with Crippen molar-refractivity contribution in [2.45, 2.75) is 18.7 Å². The first-order valence-electron chi connectivity index (χ1n) is 8.26. The molecule has 0 aliphatic carbocycles. The molecule has 0 radical (unpaired) electrons. The number of guanidine groups is 1. The molecule has 0 aliphatic rings. The first-order valence-corrected chi connectivity index (χ1v) is 8.26. The largest absolute Gasteiger partial charge is 0.461 e. The molecule has 31 heavy (non-hydrogen) atoms. The Kier molecular flexibility index (Phi) is 7.56. The van der Waals surface area contributed by atoms with E-state index in [1.54, 1.807) is 0 Å². The summed E-state index contributed by atoms with van der Waals surface area (Å²) >= 11 is 0. The van der Waals surface area contributed by atoms with Crippen molar-refractivity contribution in [3.63, 3.8) is 0 Å². The van der Waals surface area contributed by atoms with E-state index in [-0.39, 0.29) is 5.96 Å². The van der Waals surface area contributed by atoms with Crippen LogP contribution in [0.2, 0.25) is 0 Å². The SMILES string of the molecule is N=C(N/N=C/c1ccc(OC(F)(F)C(F)F)cc1)N/N=C/c1ccc(C(F)(F)F)cc1. The van der Waals surface area contributed by atoms with E-state index in [1.165, 1.54) is 36.7 Å². The topological polar surface area (TPSA) is 81.9 Å². The minimum absolute atomic E-state index is 0.358. The summed E-state index contributed by atoms with van der Waals surface area (Å²) in [6.07, 6.45) is -10.6. The molecule has 3 N–H and O–H groups in total. The summed E-state index contributed by atoms with van der Waals surface area (Å²) in [7, 11) is 0. The number of nitrogens with one attached hydrogen (secondary N) is 3. The second-order valence-corrected chi connectivity index (χ2v) is 5.77. The molecule has 0 unspecified atom stereocenters. The molecule has 0 aromatic heterocycles. The molecule has 0 saturated heterocycles. The van der Waals surface area contributed by atoms with E-state index in [0.717, 1.165) is 24.3 Å². The fourth-order valence-corrected chi connectivity index (χ4v) is 1.95. The van der Waals surface area contributed by atoms with Gasteiger partial charge in [-0.05, 0) is 47.5 Å². The predicted octanol–water partition coefficient (Wildman–Crippen LogP) is 4.42. The van der Waals surface area contributed by atoms with Crippen LogP contribution >= 0.6 is 0 Å². The van der Waals surface area contributed by atoms with E-state index in [9.17, 15) is 30.7 Å². The summed E-state index contributed by atoms with van der Waals surface area (Å²) in [6.45, 7) is 0. The normalized spacial score (nSPS) is 12.5. The smallest absolute Gasteiger partial charge is 0.428 e. The number of halogens is 7. The molecule has 0 spiro atoms. The van der Waals surface area contributed by atoms with Gasteiger partial charge in [-0.1, -0.05) is 12.1 Å². The maximum absolute atomic E-state index is 12.8. The zero-order valence-electron chi connectivity index (χ0n) is 15.3. The molecular formula is C18H14F7N5O. The molecule has 0 saturated carbocycles. The van der Waals surface area contributed by atoms with Crippen molar-refractivity contribution in [3.8, 4) is 5.75 Å². The molecular weight excluding hydrogens is 435 g/mol. The summed E-state index contributed by atoms with van der Waals surface area (Å²) in [5.74, 6) is -0.849. The second kappa shape index (κ2) is 9.91. The Morgan fingerprint density at radius 3 is 1.71 bits per heavy atom. The Hall–Kier alpha value is -3.64. The van der Waals surface area contributed by atoms with Crippen LogP contribution in [0.5, 0.6) is 5.75 Å². The zero-order chi connectivity index (χ0) is 23.1. The molecule has 0 heterocycles. The fourth-order valence-electron chi connectivity index (χ4n) is 1.95. The standard InChI is InChI=1S/C18H14F7N5O/c19-15(20)18(24,25)31-14-7-3-12(4-8-14)10-28-30-16(26)29-27-9-11-1-5-13(6-2-11)17(21,22)23/h1-10,15H,(H3,26,29,30)/b27-9+,28-10+. The van der Waals surface area contributed by atoms with Crippen LogP contribution in [0.15, 0.2) is 58.7 Å². The number of rotatable bonds is 7. The van der Waals surface area contributed by atoms with Gasteiger partial charge < -0.3 is 4.74 Å². The number of alkyl halides is 7. The highest BCUT2D eigenvalue weighted by molar-refractivity contribution is 5.84. The van der Waals surface area contributed by atoms with Crippen LogP contribution in [-0.4, -0.2) is 30.9 Å². The lowest BCUT2D eigenvalue weighted by Gasteiger charge is -2.16. The Morgan fingerprint density at radius 1 is 0.839 bits per heavy atom. The lowest BCUT2D eigenvalue weighted by Crippen LogP contribution is -2.33. The summed E-state index contributed by atoms with van der Waals surface area (Å²) < 4.78 is 91.1. The average Bonchev–Trinajstić information content (AvgIpc) is 2.69. The average molecular weight is 449 g/mol. The molecule has 2 aromatic rings. The predicted molar refractivity (Wildman–Crippen MR) is 98.7 cm³/mol. The minimum atomic E-state index is -4.61. The highest BCUT2D eigenvalue weighted by Gasteiger charge is 2.43. The molecule has 0 aliphatic heterocycles. The maximum atomic E-state index is 12.8. The summed E-state index contributed by atoms with van der Waals surface area (Å²) in [5.41, 5.74) is 4.41. The summed E-state index contributed by atoms with van der Waals surface area (Å²) in [6, 6.07) is 8.79. The highest BCUT2D eigenvalue weighted by Crippen LogP contribution is 2.29. The third-order valence-corrected chi connectivity index (χ3v) is 3.41. The van der Waals surface area contributed by atoms with Crippen LogP contribution in [-0.2, 0) is 6.18 Å². The molecule has 2 aromatic carbocycles. The van der Waals surface area contributed by atoms with E-state index in [1.807, 2.05) is 0 Å². The lowest BCUT2D eigenvalue weighted by atomic mass is 10.1. The van der Waals surface area contributed by atoms with Gasteiger partial charge in [0.1, 0.15) is 5.75 Å². The molecule has 2 rings (SSSR count). The quantitative estimate of drug-likeness (QED) is 0.253. The first kappa shape index (κ1) is 23.6. The molecule has 13 heteroatoms. The summed E-state index contributed by atoms with van der Waals surface area (Å²) in [5, 5.41) is 14.9. The van der Waals surface area contributed by atoms with Gasteiger partial charge in [-0.25, -0.2) is 10.9 Å². The van der Waals surface area contributed by atoms with Crippen molar-refractivity contribution < 1.29 is 35.5 Å². The number of nitrogens with zero attached hydrogens (tertiary/aromatic N) is 2. The van der Waals surface area contributed by atoms with Gasteiger partial charge in [0.05, 0.1) is 18.0 Å². The van der Waals surface area contributed by atoms with Crippen LogP contribution in [0.1, 0.15) is 16.7 Å². The molecule has 6 nitrogen and oxygen atoms in total. The Morgan fingerprint density at radius 2 is 1.29 bits per heavy atom. The van der Waals surface area contributed by atoms with Gasteiger partial charge in [0.2, 0.25) is 5.96 Å². The van der Waals surface area contributed by atoms with Crippen molar-refractivity contribution >= 4 is 18.4 Å². The third-order valence-electron chi connectivity index (χ3n) is 3.41. The van der Waals surface area contributed by atoms with Crippen LogP contribution in [0.3, 0.4) is 0 Å². The van der Waals surface area contributed by atoms with E-state index in [4.69, 9.17) is 5.41 Å². The van der Waals surface area contributed by atoms with Crippen molar-refractivity contribution in [1.82, 2.24) is 10.9 Å². The van der Waals surface area contributed by atoms with Gasteiger partial charge in [-0.2, -0.15) is 40.9 Å². The van der Waals surface area contributed by atoms with Gasteiger partial charge in [-0.3, -0.25) is 5.41 Å².